The van der Waals surface area contributed by atoms with Gasteiger partial charge >= 0.3 is 6.18 Å². The van der Waals surface area contributed by atoms with Gasteiger partial charge < -0.3 is 9.64 Å². The van der Waals surface area contributed by atoms with Crippen molar-refractivity contribution in [3.63, 3.8) is 0 Å². The first-order chi connectivity index (χ1) is 15.2. The molecule has 0 radical (unpaired) electrons. The summed E-state index contributed by atoms with van der Waals surface area (Å²) >= 11 is 0. The molecule has 0 amide bonds. The number of nitrogens with zero attached hydrogens (tertiary/aromatic N) is 4. The van der Waals surface area contributed by atoms with Crippen LogP contribution in [0.5, 0.6) is 0 Å². The molecule has 0 unspecified atom stereocenters. The normalized spacial score (nSPS) is 16.4. The lowest BCUT2D eigenvalue weighted by Crippen LogP contribution is -2.49. The summed E-state index contributed by atoms with van der Waals surface area (Å²) in [6.07, 6.45) is -1.56. The van der Waals surface area contributed by atoms with Crippen molar-refractivity contribution >= 4 is 24.0 Å². The largest absolute Gasteiger partial charge is 0.416 e. The highest BCUT2D eigenvalue weighted by molar-refractivity contribution is 7.88. The van der Waals surface area contributed by atoms with Gasteiger partial charge in [-0.15, -0.1) is 0 Å². The highest BCUT2D eigenvalue weighted by Gasteiger charge is 2.31. The molecule has 1 aromatic heterocycles. The van der Waals surface area contributed by atoms with Crippen LogP contribution in [0, 0.1) is 0 Å². The molecule has 1 saturated heterocycles. The average Bonchev–Trinajstić information content (AvgIpc) is 3.14. The molecule has 184 valence electrons. The van der Waals surface area contributed by atoms with E-state index in [0.29, 0.717) is 50.0 Å². The number of benzene rings is 1. The zero-order chi connectivity index (χ0) is 24.4. The van der Waals surface area contributed by atoms with Crippen LogP contribution in [0.15, 0.2) is 30.5 Å². The molecule has 0 bridgehead atoms. The van der Waals surface area contributed by atoms with Crippen LogP contribution in [0.3, 0.4) is 0 Å². The monoisotopic (exact) mass is 504 g/mol. The SMILES string of the molecule is C[Si](C)(C)CCOCn1cc(-c2cccc(C(F)(F)F)c2)nc1N1CCN(S(C)(=O)=O)CC1. The zero-order valence-corrected chi connectivity index (χ0v) is 21.2. The van der Waals surface area contributed by atoms with Crippen molar-refractivity contribution in [2.24, 2.45) is 0 Å². The Morgan fingerprint density at radius 3 is 2.36 bits per heavy atom. The van der Waals surface area contributed by atoms with E-state index in [1.54, 1.807) is 16.8 Å². The van der Waals surface area contributed by atoms with E-state index in [2.05, 4.69) is 24.6 Å². The number of halogens is 3. The Bertz CT molecular complexity index is 1060. The highest BCUT2D eigenvalue weighted by Crippen LogP contribution is 2.33. The third-order valence-corrected chi connectivity index (χ3v) is 8.47. The second-order valence-corrected chi connectivity index (χ2v) is 17.1. The average molecular weight is 505 g/mol. The smallest absolute Gasteiger partial charge is 0.361 e. The van der Waals surface area contributed by atoms with Crippen LogP contribution in [-0.4, -0.2) is 69.4 Å². The van der Waals surface area contributed by atoms with Crippen molar-refractivity contribution in [3.8, 4) is 11.3 Å². The van der Waals surface area contributed by atoms with Gasteiger partial charge in [-0.05, 0) is 18.2 Å². The molecule has 3 rings (SSSR count). The molecule has 0 spiro atoms. The molecule has 33 heavy (non-hydrogen) atoms. The number of hydrogen-bond donors (Lipinski definition) is 0. The van der Waals surface area contributed by atoms with Gasteiger partial charge in [0, 0.05) is 52.6 Å². The van der Waals surface area contributed by atoms with Crippen LogP contribution in [0.1, 0.15) is 5.56 Å². The predicted molar refractivity (Wildman–Crippen MR) is 125 cm³/mol. The number of aromatic nitrogens is 2. The summed E-state index contributed by atoms with van der Waals surface area (Å²) in [5, 5.41) is 0. The minimum absolute atomic E-state index is 0.220. The second kappa shape index (κ2) is 9.77. The van der Waals surface area contributed by atoms with Crippen molar-refractivity contribution in [2.75, 3.05) is 43.9 Å². The number of anilines is 1. The number of ether oxygens (including phenoxy) is 1. The fourth-order valence-corrected chi connectivity index (χ4v) is 5.09. The summed E-state index contributed by atoms with van der Waals surface area (Å²) < 4.78 is 72.3. The molecule has 2 heterocycles. The quantitative estimate of drug-likeness (QED) is 0.402. The molecule has 12 heteroatoms. The van der Waals surface area contributed by atoms with E-state index in [1.807, 2.05) is 4.90 Å². The van der Waals surface area contributed by atoms with E-state index in [-0.39, 0.29) is 6.73 Å². The summed E-state index contributed by atoms with van der Waals surface area (Å²) in [6.45, 7) is 9.08. The minimum atomic E-state index is -4.44. The molecular formula is C21H31F3N4O3SSi. The molecule has 1 aliphatic rings. The van der Waals surface area contributed by atoms with Gasteiger partial charge in [-0.1, -0.05) is 31.8 Å². The molecule has 0 atom stereocenters. The number of rotatable bonds is 8. The van der Waals surface area contributed by atoms with E-state index >= 15 is 0 Å². The Balaban J connectivity index is 1.85. The van der Waals surface area contributed by atoms with E-state index in [4.69, 9.17) is 4.74 Å². The molecule has 0 saturated carbocycles. The van der Waals surface area contributed by atoms with E-state index < -0.39 is 29.8 Å². The summed E-state index contributed by atoms with van der Waals surface area (Å²) in [7, 11) is -4.55. The molecular weight excluding hydrogens is 473 g/mol. The highest BCUT2D eigenvalue weighted by atomic mass is 32.2. The number of imidazole rings is 1. The Labute approximate surface area is 194 Å². The number of hydrogen-bond acceptors (Lipinski definition) is 5. The number of sulfonamides is 1. The van der Waals surface area contributed by atoms with Crippen LogP contribution in [0.4, 0.5) is 19.1 Å². The summed E-state index contributed by atoms with van der Waals surface area (Å²) in [4.78, 5) is 6.57. The van der Waals surface area contributed by atoms with E-state index in [9.17, 15) is 21.6 Å². The topological polar surface area (TPSA) is 67.7 Å². The Morgan fingerprint density at radius 2 is 1.79 bits per heavy atom. The number of alkyl halides is 3. The van der Waals surface area contributed by atoms with E-state index in [0.717, 1.165) is 18.2 Å². The van der Waals surface area contributed by atoms with Crippen LogP contribution < -0.4 is 4.90 Å². The van der Waals surface area contributed by atoms with Gasteiger partial charge in [-0.25, -0.2) is 13.4 Å². The van der Waals surface area contributed by atoms with E-state index in [1.165, 1.54) is 16.6 Å². The van der Waals surface area contributed by atoms with Gasteiger partial charge in [0.05, 0.1) is 17.5 Å². The van der Waals surface area contributed by atoms with Crippen molar-refractivity contribution < 1.29 is 26.3 Å². The molecule has 0 aliphatic carbocycles. The Kier molecular flexibility index (Phi) is 7.61. The molecule has 1 fully saturated rings. The lowest BCUT2D eigenvalue weighted by Gasteiger charge is -2.34. The van der Waals surface area contributed by atoms with Gasteiger partial charge in [0.2, 0.25) is 16.0 Å². The van der Waals surface area contributed by atoms with Crippen molar-refractivity contribution in [1.82, 2.24) is 13.9 Å². The lowest BCUT2D eigenvalue weighted by molar-refractivity contribution is -0.137. The predicted octanol–water partition coefficient (Wildman–Crippen LogP) is 3.96. The van der Waals surface area contributed by atoms with Crippen molar-refractivity contribution in [1.29, 1.82) is 0 Å². The molecule has 2 aromatic rings. The first kappa shape index (κ1) is 25.7. The fraction of sp³-hybridized carbons (Fsp3) is 0.571. The van der Waals surface area contributed by atoms with Gasteiger partial charge in [-0.2, -0.15) is 17.5 Å². The van der Waals surface area contributed by atoms with Crippen LogP contribution >= 0.6 is 0 Å². The molecule has 7 nitrogen and oxygen atoms in total. The minimum Gasteiger partial charge on any atom is -0.361 e. The lowest BCUT2D eigenvalue weighted by atomic mass is 10.1. The Hall–Kier alpha value is -1.89. The molecule has 0 N–H and O–H groups in total. The molecule has 1 aliphatic heterocycles. The van der Waals surface area contributed by atoms with Crippen LogP contribution in [-0.2, 0) is 27.7 Å². The van der Waals surface area contributed by atoms with Gasteiger partial charge in [-0.3, -0.25) is 4.57 Å². The van der Waals surface area contributed by atoms with Gasteiger partial charge in [0.15, 0.2) is 0 Å². The maximum absolute atomic E-state index is 13.2. The molecule has 1 aromatic carbocycles. The summed E-state index contributed by atoms with van der Waals surface area (Å²) in [5.41, 5.74) is 0.0430. The van der Waals surface area contributed by atoms with Crippen LogP contribution in [0.2, 0.25) is 25.7 Å². The zero-order valence-electron chi connectivity index (χ0n) is 19.4. The maximum Gasteiger partial charge on any atom is 0.416 e. The standard InChI is InChI=1S/C21H31F3N4O3SSi/c1-32(29,30)28-10-8-26(9-11-28)20-25-19(15-27(20)16-31-12-13-33(2,3)4)17-6-5-7-18(14-17)21(22,23)24/h5-7,14-15H,8-13,16H2,1-4H3. The van der Waals surface area contributed by atoms with Crippen LogP contribution in [0.25, 0.3) is 11.3 Å². The second-order valence-electron chi connectivity index (χ2n) is 9.47. The third-order valence-electron chi connectivity index (χ3n) is 5.46. The maximum atomic E-state index is 13.2. The van der Waals surface area contributed by atoms with Crippen molar-refractivity contribution in [2.45, 2.75) is 38.6 Å². The first-order valence-corrected chi connectivity index (χ1v) is 16.3. The van der Waals surface area contributed by atoms with Crippen molar-refractivity contribution in [3.05, 3.63) is 36.0 Å². The third kappa shape index (κ3) is 7.04. The Morgan fingerprint density at radius 1 is 1.12 bits per heavy atom. The van der Waals surface area contributed by atoms with Gasteiger partial charge in [0.25, 0.3) is 0 Å². The summed E-state index contributed by atoms with van der Waals surface area (Å²) in [6, 6.07) is 6.07. The summed E-state index contributed by atoms with van der Waals surface area (Å²) in [5.74, 6) is 0.559. The fourth-order valence-electron chi connectivity index (χ4n) is 3.51. The number of piperazine rings is 1. The first-order valence-electron chi connectivity index (χ1n) is 10.8. The van der Waals surface area contributed by atoms with Gasteiger partial charge in [0.1, 0.15) is 6.73 Å².